The number of amides is 1. The molecule has 0 atom stereocenters. The van der Waals surface area contributed by atoms with Crippen LogP contribution in [0.5, 0.6) is 0 Å². The Hall–Kier alpha value is -2.28. The van der Waals surface area contributed by atoms with Crippen molar-refractivity contribution < 1.29 is 14.7 Å². The van der Waals surface area contributed by atoms with Crippen molar-refractivity contribution in [1.29, 1.82) is 0 Å². The molecule has 1 aromatic carbocycles. The van der Waals surface area contributed by atoms with Gasteiger partial charge in [-0.1, -0.05) is 30.0 Å². The van der Waals surface area contributed by atoms with E-state index in [1.165, 1.54) is 6.92 Å². The maximum Gasteiger partial charge on any atom is 0.314 e. The Kier molecular flexibility index (Phi) is 4.09. The summed E-state index contributed by atoms with van der Waals surface area (Å²) in [5.74, 6) is 5.15. The van der Waals surface area contributed by atoms with E-state index in [0.717, 1.165) is 11.1 Å². The smallest absolute Gasteiger partial charge is 0.314 e. The zero-order valence-electron chi connectivity index (χ0n) is 11.4. The molecule has 4 heteroatoms. The van der Waals surface area contributed by atoms with Crippen molar-refractivity contribution in [3.63, 3.8) is 0 Å². The molecule has 1 aliphatic carbocycles. The summed E-state index contributed by atoms with van der Waals surface area (Å²) in [5.41, 5.74) is 0.845. The number of hydrogen-bond donors (Lipinski definition) is 2. The van der Waals surface area contributed by atoms with Crippen LogP contribution >= 0.6 is 0 Å². The third-order valence-electron chi connectivity index (χ3n) is 3.45. The summed E-state index contributed by atoms with van der Waals surface area (Å²) in [5, 5.41) is 12.0. The molecule has 1 amide bonds. The van der Waals surface area contributed by atoms with Crippen LogP contribution in [0.4, 0.5) is 0 Å². The predicted octanol–water partition coefficient (Wildman–Crippen LogP) is 1.68. The zero-order chi connectivity index (χ0) is 14.6. The topological polar surface area (TPSA) is 66.4 Å². The Balaban J connectivity index is 2.12. The van der Waals surface area contributed by atoms with Gasteiger partial charge in [-0.05, 0) is 24.5 Å². The first-order valence-corrected chi connectivity index (χ1v) is 6.62. The fraction of sp³-hybridized carbons (Fsp3) is 0.375. The van der Waals surface area contributed by atoms with Crippen molar-refractivity contribution in [2.45, 2.75) is 31.6 Å². The first-order chi connectivity index (χ1) is 9.56. The normalized spacial score (nSPS) is 14.8. The number of rotatable bonds is 4. The summed E-state index contributed by atoms with van der Waals surface area (Å²) in [7, 11) is 0. The summed E-state index contributed by atoms with van der Waals surface area (Å²) in [6, 6.07) is 7.41. The first-order valence-electron chi connectivity index (χ1n) is 6.62. The molecule has 1 saturated carbocycles. The van der Waals surface area contributed by atoms with Crippen molar-refractivity contribution in [3.8, 4) is 11.8 Å². The van der Waals surface area contributed by atoms with Gasteiger partial charge in [-0.15, -0.1) is 0 Å². The molecule has 0 saturated heterocycles. The Morgan fingerprint density at radius 1 is 1.35 bits per heavy atom. The lowest BCUT2D eigenvalue weighted by Crippen LogP contribution is -2.21. The molecule has 2 rings (SSSR count). The van der Waals surface area contributed by atoms with Crippen LogP contribution < -0.4 is 5.32 Å². The maximum absolute atomic E-state index is 11.4. The van der Waals surface area contributed by atoms with Gasteiger partial charge in [-0.2, -0.15) is 0 Å². The lowest BCUT2D eigenvalue weighted by Gasteiger charge is -2.12. The molecule has 1 aromatic rings. The van der Waals surface area contributed by atoms with Gasteiger partial charge in [0, 0.05) is 25.5 Å². The Morgan fingerprint density at radius 2 is 2.05 bits per heavy atom. The first kappa shape index (κ1) is 14.1. The van der Waals surface area contributed by atoms with Crippen LogP contribution in [0.2, 0.25) is 0 Å². The molecular formula is C16H17NO3. The summed E-state index contributed by atoms with van der Waals surface area (Å²) in [6.07, 6.45) is 1.90. The zero-order valence-corrected chi connectivity index (χ0v) is 11.4. The summed E-state index contributed by atoms with van der Waals surface area (Å²) in [6.45, 7) is 1.97. The third kappa shape index (κ3) is 3.00. The lowest BCUT2D eigenvalue weighted by atomic mass is 9.91. The highest BCUT2D eigenvalue weighted by Gasteiger charge is 2.52. The van der Waals surface area contributed by atoms with Crippen LogP contribution in [0, 0.1) is 11.8 Å². The largest absolute Gasteiger partial charge is 0.481 e. The van der Waals surface area contributed by atoms with Crippen LogP contribution in [0.15, 0.2) is 24.3 Å². The molecule has 0 radical (unpaired) electrons. The molecule has 0 aliphatic heterocycles. The quantitative estimate of drug-likeness (QED) is 0.647. The van der Waals surface area contributed by atoms with E-state index in [4.69, 9.17) is 0 Å². The fourth-order valence-electron chi connectivity index (χ4n) is 2.19. The van der Waals surface area contributed by atoms with E-state index >= 15 is 0 Å². The lowest BCUT2D eigenvalue weighted by molar-refractivity contribution is -0.140. The van der Waals surface area contributed by atoms with E-state index < -0.39 is 11.4 Å². The van der Waals surface area contributed by atoms with Crippen LogP contribution in [-0.4, -0.2) is 23.5 Å². The SMILES string of the molecule is CC(=O)NCCC#Cc1ccccc1C1(C(=O)O)CC1. The van der Waals surface area contributed by atoms with Crippen LogP contribution in [0.25, 0.3) is 0 Å². The fourth-order valence-corrected chi connectivity index (χ4v) is 2.19. The van der Waals surface area contributed by atoms with E-state index in [1.807, 2.05) is 24.3 Å². The van der Waals surface area contributed by atoms with Crippen LogP contribution in [0.3, 0.4) is 0 Å². The highest BCUT2D eigenvalue weighted by atomic mass is 16.4. The minimum atomic E-state index is -0.773. The molecule has 0 bridgehead atoms. The van der Waals surface area contributed by atoms with Gasteiger partial charge < -0.3 is 10.4 Å². The molecule has 0 aromatic heterocycles. The van der Waals surface area contributed by atoms with Gasteiger partial charge in [0.05, 0.1) is 5.41 Å². The second kappa shape index (κ2) is 5.79. The van der Waals surface area contributed by atoms with Crippen LogP contribution in [-0.2, 0) is 15.0 Å². The monoisotopic (exact) mass is 271 g/mol. The van der Waals surface area contributed by atoms with E-state index in [1.54, 1.807) is 0 Å². The Morgan fingerprint density at radius 3 is 2.65 bits per heavy atom. The summed E-state index contributed by atoms with van der Waals surface area (Å²) >= 11 is 0. The minimum Gasteiger partial charge on any atom is -0.481 e. The average molecular weight is 271 g/mol. The van der Waals surface area contributed by atoms with E-state index in [-0.39, 0.29) is 5.91 Å². The van der Waals surface area contributed by atoms with Gasteiger partial charge >= 0.3 is 5.97 Å². The Labute approximate surface area is 118 Å². The molecule has 2 N–H and O–H groups in total. The number of benzene rings is 1. The van der Waals surface area contributed by atoms with E-state index in [9.17, 15) is 14.7 Å². The molecule has 1 fully saturated rings. The maximum atomic E-state index is 11.4. The predicted molar refractivity (Wildman–Crippen MR) is 75.2 cm³/mol. The number of aliphatic carboxylic acids is 1. The summed E-state index contributed by atoms with van der Waals surface area (Å²) in [4.78, 5) is 22.1. The highest BCUT2D eigenvalue weighted by Crippen LogP contribution is 2.49. The van der Waals surface area contributed by atoms with Gasteiger partial charge in [0.25, 0.3) is 0 Å². The van der Waals surface area contributed by atoms with Gasteiger partial charge in [-0.3, -0.25) is 9.59 Å². The minimum absolute atomic E-state index is 0.0741. The van der Waals surface area contributed by atoms with E-state index in [2.05, 4.69) is 17.2 Å². The number of carbonyl (C=O) groups is 2. The molecule has 1 aliphatic rings. The van der Waals surface area contributed by atoms with Crippen molar-refractivity contribution >= 4 is 11.9 Å². The summed E-state index contributed by atoms with van der Waals surface area (Å²) < 4.78 is 0. The van der Waals surface area contributed by atoms with E-state index in [0.29, 0.717) is 25.8 Å². The van der Waals surface area contributed by atoms with Gasteiger partial charge in [-0.25, -0.2) is 0 Å². The van der Waals surface area contributed by atoms with Crippen LogP contribution in [0.1, 0.15) is 37.3 Å². The number of carboxylic acids is 1. The van der Waals surface area contributed by atoms with Crippen molar-refractivity contribution in [2.24, 2.45) is 0 Å². The van der Waals surface area contributed by atoms with Gasteiger partial charge in [0.2, 0.25) is 5.91 Å². The second-order valence-electron chi connectivity index (χ2n) is 4.97. The van der Waals surface area contributed by atoms with Crippen molar-refractivity contribution in [1.82, 2.24) is 5.32 Å². The molecule has 0 spiro atoms. The average Bonchev–Trinajstić information content (AvgIpc) is 3.20. The molecule has 0 unspecified atom stereocenters. The highest BCUT2D eigenvalue weighted by molar-refractivity contribution is 5.86. The number of carboxylic acid groups (broad SMARTS) is 1. The molecule has 4 nitrogen and oxygen atoms in total. The number of nitrogens with one attached hydrogen (secondary N) is 1. The molecular weight excluding hydrogens is 254 g/mol. The van der Waals surface area contributed by atoms with Gasteiger partial charge in [0.15, 0.2) is 0 Å². The van der Waals surface area contributed by atoms with Crippen molar-refractivity contribution in [2.75, 3.05) is 6.54 Å². The molecule has 104 valence electrons. The van der Waals surface area contributed by atoms with Crippen molar-refractivity contribution in [3.05, 3.63) is 35.4 Å². The second-order valence-corrected chi connectivity index (χ2v) is 4.97. The third-order valence-corrected chi connectivity index (χ3v) is 3.45. The Bertz CT molecular complexity index is 591. The van der Waals surface area contributed by atoms with Gasteiger partial charge in [0.1, 0.15) is 0 Å². The molecule has 20 heavy (non-hydrogen) atoms. The molecule has 0 heterocycles. The number of carbonyl (C=O) groups excluding carboxylic acids is 1. The number of hydrogen-bond acceptors (Lipinski definition) is 2. The standard InChI is InChI=1S/C16H17NO3/c1-12(18)17-11-5-4-7-13-6-2-3-8-14(13)16(9-10-16)15(19)20/h2-3,6,8H,5,9-11H2,1H3,(H,17,18)(H,19,20).